The van der Waals surface area contributed by atoms with Gasteiger partial charge >= 0.3 is 5.97 Å². The predicted molar refractivity (Wildman–Crippen MR) is 90.6 cm³/mol. The fourth-order valence-corrected chi connectivity index (χ4v) is 2.33. The van der Waals surface area contributed by atoms with Crippen LogP contribution in [0.4, 0.5) is 5.69 Å². The van der Waals surface area contributed by atoms with Gasteiger partial charge in [-0.1, -0.05) is 36.2 Å². The fraction of sp³-hybridized carbons (Fsp3) is 0.263. The van der Waals surface area contributed by atoms with E-state index in [0.717, 1.165) is 17.5 Å². The minimum Gasteiger partial charge on any atom is -0.452 e. The van der Waals surface area contributed by atoms with E-state index in [1.807, 2.05) is 44.2 Å². The van der Waals surface area contributed by atoms with Gasteiger partial charge in [0, 0.05) is 5.69 Å². The molecule has 0 bridgehead atoms. The number of hydrogen-bond acceptors (Lipinski definition) is 3. The van der Waals surface area contributed by atoms with E-state index in [1.165, 1.54) is 5.56 Å². The van der Waals surface area contributed by atoms with Gasteiger partial charge in [-0.3, -0.25) is 4.79 Å². The molecule has 0 unspecified atom stereocenters. The van der Waals surface area contributed by atoms with Gasteiger partial charge in [0.05, 0.1) is 5.56 Å². The van der Waals surface area contributed by atoms with Gasteiger partial charge in [0.1, 0.15) is 0 Å². The maximum Gasteiger partial charge on any atom is 0.338 e. The van der Waals surface area contributed by atoms with Crippen LogP contribution in [0.1, 0.15) is 34.0 Å². The Morgan fingerprint density at radius 3 is 2.17 bits per heavy atom. The van der Waals surface area contributed by atoms with E-state index < -0.39 is 5.97 Å². The second kappa shape index (κ2) is 7.58. The molecule has 0 aliphatic rings. The highest BCUT2D eigenvalue weighted by atomic mass is 16.5. The summed E-state index contributed by atoms with van der Waals surface area (Å²) in [6.07, 6.45) is 0.946. The monoisotopic (exact) mass is 311 g/mol. The zero-order valence-electron chi connectivity index (χ0n) is 13.7. The van der Waals surface area contributed by atoms with E-state index in [4.69, 9.17) is 4.74 Å². The molecule has 0 aromatic heterocycles. The second-order valence-corrected chi connectivity index (χ2v) is 5.55. The van der Waals surface area contributed by atoms with Crippen molar-refractivity contribution in [1.82, 2.24) is 0 Å². The molecule has 0 radical (unpaired) electrons. The summed E-state index contributed by atoms with van der Waals surface area (Å²) < 4.78 is 5.07. The molecular formula is C19H21NO3. The maximum atomic E-state index is 12.0. The molecule has 0 spiro atoms. The van der Waals surface area contributed by atoms with Gasteiger partial charge in [-0.25, -0.2) is 4.79 Å². The molecule has 0 atom stereocenters. The highest BCUT2D eigenvalue weighted by Gasteiger charge is 2.11. The number of aryl methyl sites for hydroxylation is 3. The maximum absolute atomic E-state index is 12.0. The zero-order chi connectivity index (χ0) is 16.8. The van der Waals surface area contributed by atoms with E-state index in [2.05, 4.69) is 12.2 Å². The van der Waals surface area contributed by atoms with Gasteiger partial charge in [-0.2, -0.15) is 0 Å². The second-order valence-electron chi connectivity index (χ2n) is 5.55. The molecule has 4 nitrogen and oxygen atoms in total. The Morgan fingerprint density at radius 1 is 1.00 bits per heavy atom. The Balaban J connectivity index is 1.89. The molecule has 23 heavy (non-hydrogen) atoms. The quantitative estimate of drug-likeness (QED) is 0.857. The number of carbonyl (C=O) groups excluding carboxylic acids is 2. The Kier molecular flexibility index (Phi) is 5.52. The fourth-order valence-electron chi connectivity index (χ4n) is 2.33. The van der Waals surface area contributed by atoms with Crippen molar-refractivity contribution in [3.63, 3.8) is 0 Å². The number of esters is 1. The summed E-state index contributed by atoms with van der Waals surface area (Å²) in [5, 5.41) is 2.71. The van der Waals surface area contributed by atoms with Crippen molar-refractivity contribution in [2.24, 2.45) is 0 Å². The van der Waals surface area contributed by atoms with Crippen LogP contribution in [0.5, 0.6) is 0 Å². The Bertz CT molecular complexity index is 685. The number of benzene rings is 2. The summed E-state index contributed by atoms with van der Waals surface area (Å²) in [5.74, 6) is -0.847. The number of amides is 1. The molecule has 1 N–H and O–H groups in total. The smallest absolute Gasteiger partial charge is 0.338 e. The van der Waals surface area contributed by atoms with Gasteiger partial charge in [0.15, 0.2) is 6.61 Å². The average Bonchev–Trinajstić information content (AvgIpc) is 2.52. The lowest BCUT2D eigenvalue weighted by Gasteiger charge is -2.08. The molecule has 120 valence electrons. The Hall–Kier alpha value is -2.62. The Morgan fingerprint density at radius 2 is 1.61 bits per heavy atom. The molecule has 1 amide bonds. The van der Waals surface area contributed by atoms with E-state index in [0.29, 0.717) is 11.3 Å². The number of hydrogen-bond donors (Lipinski definition) is 1. The van der Waals surface area contributed by atoms with Gasteiger partial charge in [-0.05, 0) is 50.1 Å². The van der Waals surface area contributed by atoms with Crippen LogP contribution in [0.2, 0.25) is 0 Å². The van der Waals surface area contributed by atoms with Gasteiger partial charge in [-0.15, -0.1) is 0 Å². The van der Waals surface area contributed by atoms with Crippen molar-refractivity contribution < 1.29 is 14.3 Å². The highest BCUT2D eigenvalue weighted by Crippen LogP contribution is 2.11. The topological polar surface area (TPSA) is 55.4 Å². The predicted octanol–water partition coefficient (Wildman–Crippen LogP) is 3.66. The molecule has 0 saturated heterocycles. The zero-order valence-corrected chi connectivity index (χ0v) is 13.7. The molecule has 0 aliphatic heterocycles. The summed E-state index contributed by atoms with van der Waals surface area (Å²) in [5.41, 5.74) is 4.32. The lowest BCUT2D eigenvalue weighted by molar-refractivity contribution is -0.119. The first-order chi connectivity index (χ1) is 11.0. The average molecular weight is 311 g/mol. The van der Waals surface area contributed by atoms with Gasteiger partial charge in [0.25, 0.3) is 5.91 Å². The van der Waals surface area contributed by atoms with Crippen LogP contribution in [0, 0.1) is 13.8 Å². The van der Waals surface area contributed by atoms with Crippen LogP contribution in [-0.4, -0.2) is 18.5 Å². The summed E-state index contributed by atoms with van der Waals surface area (Å²) in [7, 11) is 0. The summed E-state index contributed by atoms with van der Waals surface area (Å²) in [6.45, 7) is 5.59. The third-order valence-corrected chi connectivity index (χ3v) is 3.44. The van der Waals surface area contributed by atoms with Crippen LogP contribution in [0.25, 0.3) is 0 Å². The van der Waals surface area contributed by atoms with Crippen molar-refractivity contribution in [1.29, 1.82) is 0 Å². The number of nitrogens with one attached hydrogen (secondary N) is 1. The number of carbonyl (C=O) groups is 2. The van der Waals surface area contributed by atoms with E-state index in [1.54, 1.807) is 12.1 Å². The lowest BCUT2D eigenvalue weighted by Crippen LogP contribution is -2.21. The first-order valence-electron chi connectivity index (χ1n) is 7.62. The van der Waals surface area contributed by atoms with Crippen molar-refractivity contribution >= 4 is 17.6 Å². The third-order valence-electron chi connectivity index (χ3n) is 3.44. The third kappa shape index (κ3) is 4.95. The minimum absolute atomic E-state index is 0.304. The molecule has 2 aromatic rings. The van der Waals surface area contributed by atoms with Crippen molar-refractivity contribution in [2.45, 2.75) is 27.2 Å². The van der Waals surface area contributed by atoms with E-state index >= 15 is 0 Å². The van der Waals surface area contributed by atoms with Crippen LogP contribution in [-0.2, 0) is 16.0 Å². The highest BCUT2D eigenvalue weighted by molar-refractivity contribution is 5.95. The Labute approximate surface area is 136 Å². The number of anilines is 1. The van der Waals surface area contributed by atoms with Crippen LogP contribution < -0.4 is 5.32 Å². The van der Waals surface area contributed by atoms with Crippen LogP contribution >= 0.6 is 0 Å². The normalized spacial score (nSPS) is 10.2. The first-order valence-corrected chi connectivity index (χ1v) is 7.62. The van der Waals surface area contributed by atoms with Gasteiger partial charge < -0.3 is 10.1 Å². The lowest BCUT2D eigenvalue weighted by atomic mass is 10.1. The molecule has 0 aliphatic carbocycles. The largest absolute Gasteiger partial charge is 0.452 e. The van der Waals surface area contributed by atoms with Crippen molar-refractivity contribution in [3.8, 4) is 0 Å². The standard InChI is InChI=1S/C19H21NO3/c1-4-15-5-7-17(8-6-15)20-18(21)12-23-19(22)16-10-13(2)9-14(3)11-16/h5-11H,4,12H2,1-3H3,(H,20,21). The molecule has 4 heteroatoms. The van der Waals surface area contributed by atoms with Crippen molar-refractivity contribution in [2.75, 3.05) is 11.9 Å². The molecule has 2 aromatic carbocycles. The molecular weight excluding hydrogens is 290 g/mol. The number of rotatable bonds is 5. The molecule has 0 fully saturated rings. The van der Waals surface area contributed by atoms with E-state index in [9.17, 15) is 9.59 Å². The van der Waals surface area contributed by atoms with Crippen molar-refractivity contribution in [3.05, 3.63) is 64.7 Å². The van der Waals surface area contributed by atoms with Crippen LogP contribution in [0.3, 0.4) is 0 Å². The molecule has 2 rings (SSSR count). The first kappa shape index (κ1) is 16.7. The molecule has 0 heterocycles. The SMILES string of the molecule is CCc1ccc(NC(=O)COC(=O)c2cc(C)cc(C)c2)cc1. The van der Waals surface area contributed by atoms with Crippen LogP contribution in [0.15, 0.2) is 42.5 Å². The summed E-state index contributed by atoms with van der Waals surface area (Å²) in [4.78, 5) is 23.8. The van der Waals surface area contributed by atoms with Gasteiger partial charge in [0.2, 0.25) is 0 Å². The minimum atomic E-state index is -0.492. The van der Waals surface area contributed by atoms with E-state index in [-0.39, 0.29) is 12.5 Å². The number of ether oxygens (including phenoxy) is 1. The summed E-state index contributed by atoms with van der Waals surface area (Å²) in [6, 6.07) is 13.1. The molecule has 0 saturated carbocycles. The summed E-state index contributed by atoms with van der Waals surface area (Å²) >= 11 is 0.